The van der Waals surface area contributed by atoms with E-state index in [0.717, 1.165) is 11.3 Å². The third kappa shape index (κ3) is 5.69. The van der Waals surface area contributed by atoms with Crippen molar-refractivity contribution in [2.24, 2.45) is 13.0 Å². The molecule has 0 radical (unpaired) electrons. The molecule has 0 aliphatic carbocycles. The largest absolute Gasteiger partial charge is 0.342 e. The molecule has 0 spiro atoms. The zero-order chi connectivity index (χ0) is 23.3. The molecule has 0 fully saturated rings. The fourth-order valence-corrected chi connectivity index (χ4v) is 4.09. The lowest BCUT2D eigenvalue weighted by molar-refractivity contribution is -0.113. The van der Waals surface area contributed by atoms with E-state index in [-0.39, 0.29) is 29.5 Å². The van der Waals surface area contributed by atoms with Gasteiger partial charge in [0.15, 0.2) is 11.0 Å². The number of halogens is 1. The first-order valence-electron chi connectivity index (χ1n) is 10.2. The van der Waals surface area contributed by atoms with Crippen LogP contribution in [-0.2, 0) is 11.8 Å². The number of para-hydroxylation sites is 1. The van der Waals surface area contributed by atoms with Crippen molar-refractivity contribution in [2.45, 2.75) is 32.0 Å². The van der Waals surface area contributed by atoms with Crippen LogP contribution in [0.15, 0.2) is 53.7 Å². The minimum Gasteiger partial charge on any atom is -0.342 e. The predicted molar refractivity (Wildman–Crippen MR) is 128 cm³/mol. The Morgan fingerprint density at radius 1 is 1.09 bits per heavy atom. The first-order valence-corrected chi connectivity index (χ1v) is 11.6. The van der Waals surface area contributed by atoms with Crippen LogP contribution in [0.2, 0.25) is 5.02 Å². The van der Waals surface area contributed by atoms with E-state index in [2.05, 4.69) is 20.8 Å². The molecule has 0 bridgehead atoms. The molecule has 7 nitrogen and oxygen atoms in total. The third-order valence-electron chi connectivity index (χ3n) is 4.97. The van der Waals surface area contributed by atoms with Crippen LogP contribution in [0.4, 0.5) is 5.69 Å². The van der Waals surface area contributed by atoms with Gasteiger partial charge >= 0.3 is 0 Å². The third-order valence-corrected chi connectivity index (χ3v) is 6.32. The quantitative estimate of drug-likeness (QED) is 0.467. The summed E-state index contributed by atoms with van der Waals surface area (Å²) in [6, 6.07) is 14.2. The number of hydrogen-bond donors (Lipinski definition) is 2. The number of aryl methyl sites for hydroxylation is 1. The second-order valence-corrected chi connectivity index (χ2v) is 9.08. The van der Waals surface area contributed by atoms with Crippen molar-refractivity contribution < 1.29 is 9.59 Å². The van der Waals surface area contributed by atoms with Crippen LogP contribution in [0.3, 0.4) is 0 Å². The molecule has 1 heterocycles. The van der Waals surface area contributed by atoms with Crippen LogP contribution in [-0.4, -0.2) is 32.3 Å². The van der Waals surface area contributed by atoms with Crippen LogP contribution in [0.5, 0.6) is 0 Å². The van der Waals surface area contributed by atoms with Crippen LogP contribution < -0.4 is 10.6 Å². The number of hydrogen-bond acceptors (Lipinski definition) is 5. The molecule has 0 aliphatic rings. The minimum atomic E-state index is -0.369. The number of carbonyl (C=O) groups excluding carboxylic acids is 2. The van der Waals surface area contributed by atoms with Gasteiger partial charge in [-0.2, -0.15) is 0 Å². The molecule has 3 rings (SSSR count). The molecule has 168 valence electrons. The van der Waals surface area contributed by atoms with E-state index >= 15 is 0 Å². The van der Waals surface area contributed by atoms with Gasteiger partial charge in [0.05, 0.1) is 22.4 Å². The van der Waals surface area contributed by atoms with Crippen LogP contribution in [0.1, 0.15) is 41.6 Å². The normalized spacial score (nSPS) is 11.9. The SMILES string of the molecule is Cc1ccccc1NC(=O)CSc1nnc(C(NC(=O)c2ccccc2Cl)C(C)C)n1C. The molecular formula is C23H26ClN5O2S. The summed E-state index contributed by atoms with van der Waals surface area (Å²) < 4.78 is 1.81. The zero-order valence-electron chi connectivity index (χ0n) is 18.4. The molecule has 32 heavy (non-hydrogen) atoms. The predicted octanol–water partition coefficient (Wildman–Crippen LogP) is 4.63. The van der Waals surface area contributed by atoms with Gasteiger partial charge in [0.1, 0.15) is 0 Å². The van der Waals surface area contributed by atoms with Gasteiger partial charge in [-0.3, -0.25) is 9.59 Å². The highest BCUT2D eigenvalue weighted by Gasteiger charge is 2.26. The zero-order valence-corrected chi connectivity index (χ0v) is 20.0. The highest BCUT2D eigenvalue weighted by molar-refractivity contribution is 7.99. The first kappa shape index (κ1) is 23.8. The number of thioether (sulfide) groups is 1. The fraction of sp³-hybridized carbons (Fsp3) is 0.304. The summed E-state index contributed by atoms with van der Waals surface area (Å²) in [7, 11) is 1.83. The topological polar surface area (TPSA) is 88.9 Å². The Bertz CT molecular complexity index is 1120. The maximum Gasteiger partial charge on any atom is 0.253 e. The number of carbonyl (C=O) groups is 2. The van der Waals surface area contributed by atoms with Crippen molar-refractivity contribution in [2.75, 3.05) is 11.1 Å². The second kappa shape index (κ2) is 10.7. The van der Waals surface area contributed by atoms with E-state index in [0.29, 0.717) is 21.6 Å². The first-order chi connectivity index (χ1) is 15.3. The molecule has 1 aromatic heterocycles. The number of amides is 2. The standard InChI is InChI=1S/C23H26ClN5O2S/c1-14(2)20(26-22(31)16-10-6-7-11-17(16)24)21-27-28-23(29(21)4)32-13-19(30)25-18-12-8-5-9-15(18)3/h5-12,14,20H,13H2,1-4H3,(H,25,30)(H,26,31). The van der Waals surface area contributed by atoms with Crippen molar-refractivity contribution in [1.82, 2.24) is 20.1 Å². The highest BCUT2D eigenvalue weighted by atomic mass is 35.5. The van der Waals surface area contributed by atoms with Gasteiger partial charge in [-0.05, 0) is 36.6 Å². The van der Waals surface area contributed by atoms with Crippen LogP contribution in [0, 0.1) is 12.8 Å². The van der Waals surface area contributed by atoms with Crippen molar-refractivity contribution in [3.05, 3.63) is 70.5 Å². The molecule has 2 aromatic carbocycles. The van der Waals surface area contributed by atoms with Gasteiger partial charge in [-0.25, -0.2) is 0 Å². The summed E-state index contributed by atoms with van der Waals surface area (Å²) in [4.78, 5) is 25.2. The molecule has 2 N–H and O–H groups in total. The van der Waals surface area contributed by atoms with Gasteiger partial charge in [-0.1, -0.05) is 67.5 Å². The number of nitrogens with zero attached hydrogens (tertiary/aromatic N) is 3. The van der Waals surface area contributed by atoms with Crippen molar-refractivity contribution in [3.63, 3.8) is 0 Å². The summed E-state index contributed by atoms with van der Waals surface area (Å²) in [6.07, 6.45) is 0. The summed E-state index contributed by atoms with van der Waals surface area (Å²) in [5.74, 6) is 0.470. The van der Waals surface area contributed by atoms with Gasteiger partial charge in [-0.15, -0.1) is 10.2 Å². The Kier molecular flexibility index (Phi) is 7.93. The Labute approximate surface area is 197 Å². The molecule has 0 saturated heterocycles. The molecule has 1 unspecified atom stereocenters. The summed E-state index contributed by atoms with van der Waals surface area (Å²) >= 11 is 7.46. The van der Waals surface area contributed by atoms with E-state index in [1.807, 2.05) is 56.7 Å². The van der Waals surface area contributed by atoms with Gasteiger partial charge in [0.2, 0.25) is 5.91 Å². The number of rotatable bonds is 8. The molecule has 1 atom stereocenters. The van der Waals surface area contributed by atoms with E-state index in [1.165, 1.54) is 11.8 Å². The Balaban J connectivity index is 1.68. The van der Waals surface area contributed by atoms with E-state index in [1.54, 1.807) is 24.3 Å². The van der Waals surface area contributed by atoms with E-state index in [4.69, 9.17) is 11.6 Å². The molecule has 3 aromatic rings. The number of anilines is 1. The summed E-state index contributed by atoms with van der Waals surface area (Å²) in [6.45, 7) is 5.93. The van der Waals surface area contributed by atoms with Crippen molar-refractivity contribution >= 4 is 40.9 Å². The maximum absolute atomic E-state index is 12.8. The fourth-order valence-electron chi connectivity index (χ4n) is 3.15. The highest BCUT2D eigenvalue weighted by Crippen LogP contribution is 2.25. The van der Waals surface area contributed by atoms with Gasteiger partial charge in [0.25, 0.3) is 5.91 Å². The van der Waals surface area contributed by atoms with E-state index < -0.39 is 0 Å². The van der Waals surface area contributed by atoms with Gasteiger partial charge in [0, 0.05) is 12.7 Å². The smallest absolute Gasteiger partial charge is 0.253 e. The number of nitrogens with one attached hydrogen (secondary N) is 2. The molecule has 0 saturated carbocycles. The molecule has 9 heteroatoms. The average Bonchev–Trinajstić information content (AvgIpc) is 3.12. The maximum atomic E-state index is 12.8. The van der Waals surface area contributed by atoms with Gasteiger partial charge < -0.3 is 15.2 Å². The van der Waals surface area contributed by atoms with Crippen LogP contribution >= 0.6 is 23.4 Å². The molecule has 0 aliphatic heterocycles. The van der Waals surface area contributed by atoms with Crippen molar-refractivity contribution in [1.29, 1.82) is 0 Å². The average molecular weight is 472 g/mol. The van der Waals surface area contributed by atoms with Crippen molar-refractivity contribution in [3.8, 4) is 0 Å². The lowest BCUT2D eigenvalue weighted by Crippen LogP contribution is -2.33. The minimum absolute atomic E-state index is 0.0616. The second-order valence-electron chi connectivity index (χ2n) is 7.73. The monoisotopic (exact) mass is 471 g/mol. The number of aromatic nitrogens is 3. The lowest BCUT2D eigenvalue weighted by atomic mass is 10.0. The summed E-state index contributed by atoms with van der Waals surface area (Å²) in [5, 5.41) is 15.4. The molecule has 2 amide bonds. The van der Waals surface area contributed by atoms with E-state index in [9.17, 15) is 9.59 Å². The Morgan fingerprint density at radius 2 is 1.78 bits per heavy atom. The molecular weight excluding hydrogens is 446 g/mol. The van der Waals surface area contributed by atoms with Crippen LogP contribution in [0.25, 0.3) is 0 Å². The lowest BCUT2D eigenvalue weighted by Gasteiger charge is -2.22. The Morgan fingerprint density at radius 3 is 2.47 bits per heavy atom. The summed E-state index contributed by atoms with van der Waals surface area (Å²) in [5.41, 5.74) is 2.20. The number of benzene rings is 2. The Hall–Kier alpha value is -2.84.